The summed E-state index contributed by atoms with van der Waals surface area (Å²) in [6.45, 7) is 3.80. The van der Waals surface area contributed by atoms with Gasteiger partial charge >= 0.3 is 0 Å². The van der Waals surface area contributed by atoms with E-state index in [4.69, 9.17) is 0 Å². The number of rotatable bonds is 0. The summed E-state index contributed by atoms with van der Waals surface area (Å²) in [5, 5.41) is 19.0. The molecule has 0 radical (unpaired) electrons. The molecule has 2 heteroatoms. The van der Waals surface area contributed by atoms with E-state index in [9.17, 15) is 10.2 Å². The molecule has 11 heavy (non-hydrogen) atoms. The smallest absolute Gasteiger partial charge is 0.0797 e. The second kappa shape index (κ2) is 3.37. The van der Waals surface area contributed by atoms with E-state index in [1.165, 1.54) is 0 Å². The van der Waals surface area contributed by atoms with E-state index >= 15 is 0 Å². The molecule has 0 aromatic carbocycles. The summed E-state index contributed by atoms with van der Waals surface area (Å²) in [5.74, 6) is -0.0197. The Morgan fingerprint density at radius 1 is 1.45 bits per heavy atom. The van der Waals surface area contributed by atoms with E-state index in [0.717, 1.165) is 18.4 Å². The van der Waals surface area contributed by atoms with Crippen molar-refractivity contribution in [3.05, 3.63) is 11.6 Å². The van der Waals surface area contributed by atoms with Gasteiger partial charge in [0.2, 0.25) is 0 Å². The molecule has 1 aliphatic carbocycles. The Hall–Kier alpha value is -0.340. The molecule has 3 atom stereocenters. The van der Waals surface area contributed by atoms with E-state index in [1.54, 1.807) is 0 Å². The Morgan fingerprint density at radius 2 is 2.09 bits per heavy atom. The SMILES string of the molecule is CC1=CCC[C@H](O)[C@@H](C)[C@H]1O. The lowest BCUT2D eigenvalue weighted by molar-refractivity contribution is 0.0400. The molecule has 0 heterocycles. The molecule has 0 aromatic rings. The maximum absolute atomic E-state index is 9.57. The molecule has 0 unspecified atom stereocenters. The molecule has 0 fully saturated rings. The molecule has 2 nitrogen and oxygen atoms in total. The van der Waals surface area contributed by atoms with Crippen molar-refractivity contribution >= 4 is 0 Å². The molecule has 1 rings (SSSR count). The van der Waals surface area contributed by atoms with Crippen molar-refractivity contribution in [2.75, 3.05) is 0 Å². The second-order valence-electron chi connectivity index (χ2n) is 3.40. The number of hydrogen-bond acceptors (Lipinski definition) is 2. The highest BCUT2D eigenvalue weighted by Crippen LogP contribution is 2.23. The number of aliphatic hydroxyl groups is 2. The normalized spacial score (nSPS) is 39.6. The van der Waals surface area contributed by atoms with E-state index in [-0.39, 0.29) is 12.0 Å². The van der Waals surface area contributed by atoms with Gasteiger partial charge in [-0.3, -0.25) is 0 Å². The largest absolute Gasteiger partial charge is 0.393 e. The molecule has 0 aromatic heterocycles. The molecule has 1 aliphatic rings. The van der Waals surface area contributed by atoms with Crippen LogP contribution in [0, 0.1) is 5.92 Å². The summed E-state index contributed by atoms with van der Waals surface area (Å²) in [6.07, 6.45) is 2.87. The fourth-order valence-electron chi connectivity index (χ4n) is 1.49. The van der Waals surface area contributed by atoms with Gasteiger partial charge in [-0.25, -0.2) is 0 Å². The zero-order valence-electron chi connectivity index (χ0n) is 7.12. The van der Waals surface area contributed by atoms with Gasteiger partial charge in [-0.05, 0) is 25.3 Å². The lowest BCUT2D eigenvalue weighted by atomic mass is 9.94. The van der Waals surface area contributed by atoms with Crippen LogP contribution in [0.2, 0.25) is 0 Å². The van der Waals surface area contributed by atoms with Crippen molar-refractivity contribution in [1.82, 2.24) is 0 Å². The van der Waals surface area contributed by atoms with E-state index in [1.807, 2.05) is 19.9 Å². The summed E-state index contributed by atoms with van der Waals surface area (Å²) < 4.78 is 0. The van der Waals surface area contributed by atoms with Crippen LogP contribution in [-0.2, 0) is 0 Å². The minimum Gasteiger partial charge on any atom is -0.393 e. The number of aliphatic hydroxyl groups excluding tert-OH is 2. The molecule has 0 bridgehead atoms. The Kier molecular flexibility index (Phi) is 2.68. The first-order valence-corrected chi connectivity index (χ1v) is 4.15. The first-order valence-electron chi connectivity index (χ1n) is 4.15. The quantitative estimate of drug-likeness (QED) is 0.515. The Bertz CT molecular complexity index is 163. The average molecular weight is 156 g/mol. The number of hydrogen-bond donors (Lipinski definition) is 2. The van der Waals surface area contributed by atoms with Crippen LogP contribution in [0.3, 0.4) is 0 Å². The van der Waals surface area contributed by atoms with Crippen LogP contribution in [0.5, 0.6) is 0 Å². The number of allylic oxidation sites excluding steroid dienone is 1. The summed E-state index contributed by atoms with van der Waals surface area (Å²) in [7, 11) is 0. The predicted octanol–water partition coefficient (Wildman–Crippen LogP) is 1.08. The Morgan fingerprint density at radius 3 is 2.73 bits per heavy atom. The van der Waals surface area contributed by atoms with Gasteiger partial charge < -0.3 is 10.2 Å². The topological polar surface area (TPSA) is 40.5 Å². The van der Waals surface area contributed by atoms with Gasteiger partial charge in [0.25, 0.3) is 0 Å². The van der Waals surface area contributed by atoms with Crippen LogP contribution in [0.1, 0.15) is 26.7 Å². The fourth-order valence-corrected chi connectivity index (χ4v) is 1.49. The van der Waals surface area contributed by atoms with E-state index < -0.39 is 6.10 Å². The van der Waals surface area contributed by atoms with Crippen LogP contribution in [0.25, 0.3) is 0 Å². The maximum atomic E-state index is 9.57. The van der Waals surface area contributed by atoms with E-state index in [2.05, 4.69) is 0 Å². The van der Waals surface area contributed by atoms with Crippen molar-refractivity contribution in [2.45, 2.75) is 38.9 Å². The average Bonchev–Trinajstić information content (AvgIpc) is 2.07. The standard InChI is InChI=1S/C9H16O2/c1-6-4-3-5-8(10)7(2)9(6)11/h4,7-11H,3,5H2,1-2H3/t7-,8+,9+/m1/s1. The first kappa shape index (κ1) is 8.75. The molecule has 0 spiro atoms. The Balaban J connectivity index is 2.70. The molecule has 2 N–H and O–H groups in total. The van der Waals surface area contributed by atoms with Gasteiger partial charge in [-0.15, -0.1) is 0 Å². The van der Waals surface area contributed by atoms with Crippen molar-refractivity contribution in [2.24, 2.45) is 5.92 Å². The van der Waals surface area contributed by atoms with Gasteiger partial charge in [0, 0.05) is 5.92 Å². The molecule has 0 aliphatic heterocycles. The van der Waals surface area contributed by atoms with Crippen LogP contribution in [0.15, 0.2) is 11.6 Å². The summed E-state index contributed by atoms with van der Waals surface area (Å²) in [4.78, 5) is 0. The van der Waals surface area contributed by atoms with Gasteiger partial charge in [-0.2, -0.15) is 0 Å². The van der Waals surface area contributed by atoms with Crippen LogP contribution in [0.4, 0.5) is 0 Å². The molecular weight excluding hydrogens is 140 g/mol. The molecular formula is C9H16O2. The van der Waals surface area contributed by atoms with Crippen molar-refractivity contribution < 1.29 is 10.2 Å². The molecule has 64 valence electrons. The van der Waals surface area contributed by atoms with Crippen molar-refractivity contribution in [3.8, 4) is 0 Å². The zero-order valence-corrected chi connectivity index (χ0v) is 7.12. The monoisotopic (exact) mass is 156 g/mol. The third kappa shape index (κ3) is 1.82. The minimum atomic E-state index is -0.451. The third-order valence-corrected chi connectivity index (χ3v) is 2.50. The maximum Gasteiger partial charge on any atom is 0.0797 e. The molecule has 0 saturated heterocycles. The van der Waals surface area contributed by atoms with Gasteiger partial charge in [-0.1, -0.05) is 13.0 Å². The summed E-state index contributed by atoms with van der Waals surface area (Å²) >= 11 is 0. The lowest BCUT2D eigenvalue weighted by Gasteiger charge is -2.21. The van der Waals surface area contributed by atoms with E-state index in [0.29, 0.717) is 0 Å². The highest BCUT2D eigenvalue weighted by atomic mass is 16.3. The highest BCUT2D eigenvalue weighted by Gasteiger charge is 2.25. The highest BCUT2D eigenvalue weighted by molar-refractivity contribution is 5.09. The molecule has 0 saturated carbocycles. The van der Waals surface area contributed by atoms with Gasteiger partial charge in [0.05, 0.1) is 12.2 Å². The fraction of sp³-hybridized carbons (Fsp3) is 0.778. The summed E-state index contributed by atoms with van der Waals surface area (Å²) in [5.41, 5.74) is 0.994. The van der Waals surface area contributed by atoms with Crippen molar-refractivity contribution in [3.63, 3.8) is 0 Å². The van der Waals surface area contributed by atoms with Crippen molar-refractivity contribution in [1.29, 1.82) is 0 Å². The Labute approximate surface area is 67.6 Å². The predicted molar refractivity (Wildman–Crippen MR) is 44.2 cm³/mol. The first-order chi connectivity index (χ1) is 5.13. The lowest BCUT2D eigenvalue weighted by Crippen LogP contribution is -2.28. The minimum absolute atomic E-state index is 0.0197. The van der Waals surface area contributed by atoms with Crippen LogP contribution in [-0.4, -0.2) is 22.4 Å². The zero-order chi connectivity index (χ0) is 8.43. The van der Waals surface area contributed by atoms with Gasteiger partial charge in [0.15, 0.2) is 0 Å². The third-order valence-electron chi connectivity index (χ3n) is 2.50. The molecule has 0 amide bonds. The van der Waals surface area contributed by atoms with Crippen LogP contribution >= 0.6 is 0 Å². The summed E-state index contributed by atoms with van der Waals surface area (Å²) in [6, 6.07) is 0. The second-order valence-corrected chi connectivity index (χ2v) is 3.40. The van der Waals surface area contributed by atoms with Crippen LogP contribution < -0.4 is 0 Å². The van der Waals surface area contributed by atoms with Gasteiger partial charge in [0.1, 0.15) is 0 Å².